The highest BCUT2D eigenvalue weighted by Crippen LogP contribution is 2.12. The Bertz CT molecular complexity index is 523. The van der Waals surface area contributed by atoms with Gasteiger partial charge in [-0.2, -0.15) is 0 Å². The van der Waals surface area contributed by atoms with Gasteiger partial charge in [0.2, 0.25) is 0 Å². The molecule has 0 radical (unpaired) electrons. The lowest BCUT2D eigenvalue weighted by Crippen LogP contribution is -2.05. The fourth-order valence-electron chi connectivity index (χ4n) is 1.57. The van der Waals surface area contributed by atoms with Crippen molar-refractivity contribution in [1.82, 2.24) is 0 Å². The number of hydrogen-bond donors (Lipinski definition) is 0. The molecule has 2 aromatic rings. The molecule has 3 heteroatoms. The van der Waals surface area contributed by atoms with Gasteiger partial charge in [0.15, 0.2) is 12.8 Å². The van der Waals surface area contributed by atoms with Crippen molar-refractivity contribution in [3.05, 3.63) is 75.4 Å². The molecule has 0 amide bonds. The standard InChI is InChI=1S/C14H12BrNO/c15-14-8-4-7-13(9-14)11-16(17)10-12-5-2-1-3-6-12/h1-10H,11H2. The monoisotopic (exact) mass is 289 g/mol. The van der Waals surface area contributed by atoms with E-state index in [0.717, 1.165) is 20.3 Å². The Morgan fingerprint density at radius 2 is 1.82 bits per heavy atom. The summed E-state index contributed by atoms with van der Waals surface area (Å²) in [7, 11) is 0. The van der Waals surface area contributed by atoms with Crippen LogP contribution in [0.1, 0.15) is 11.1 Å². The van der Waals surface area contributed by atoms with E-state index in [-0.39, 0.29) is 0 Å². The zero-order valence-electron chi connectivity index (χ0n) is 9.21. The third-order valence-corrected chi connectivity index (χ3v) is 2.81. The minimum Gasteiger partial charge on any atom is -0.624 e. The second-order valence-corrected chi connectivity index (χ2v) is 4.66. The fourth-order valence-corrected chi connectivity index (χ4v) is 2.01. The second kappa shape index (κ2) is 5.64. The molecule has 17 heavy (non-hydrogen) atoms. The predicted molar refractivity (Wildman–Crippen MR) is 73.1 cm³/mol. The molecule has 0 saturated carbocycles. The predicted octanol–water partition coefficient (Wildman–Crippen LogP) is 3.58. The Balaban J connectivity index is 2.12. The smallest absolute Gasteiger partial charge is 0.182 e. The molecule has 0 spiro atoms. The number of nitrogens with zero attached hydrogens (tertiary/aromatic N) is 1. The van der Waals surface area contributed by atoms with Crippen LogP contribution in [0.3, 0.4) is 0 Å². The summed E-state index contributed by atoms with van der Waals surface area (Å²) < 4.78 is 1.93. The number of hydrogen-bond acceptors (Lipinski definition) is 1. The first-order valence-electron chi connectivity index (χ1n) is 5.32. The van der Waals surface area contributed by atoms with Crippen LogP contribution in [0.15, 0.2) is 59.1 Å². The summed E-state index contributed by atoms with van der Waals surface area (Å²) in [6.45, 7) is 0.355. The van der Waals surface area contributed by atoms with Gasteiger partial charge in [0.25, 0.3) is 0 Å². The highest BCUT2D eigenvalue weighted by atomic mass is 79.9. The molecule has 0 aliphatic carbocycles. The van der Waals surface area contributed by atoms with Crippen molar-refractivity contribution in [2.75, 3.05) is 0 Å². The first-order chi connectivity index (χ1) is 8.24. The van der Waals surface area contributed by atoms with Gasteiger partial charge in [0, 0.05) is 15.6 Å². The van der Waals surface area contributed by atoms with Crippen LogP contribution in [0.2, 0.25) is 0 Å². The zero-order chi connectivity index (χ0) is 12.1. The Morgan fingerprint density at radius 1 is 1.06 bits per heavy atom. The molecule has 0 atom stereocenters. The van der Waals surface area contributed by atoms with Crippen LogP contribution in [0.5, 0.6) is 0 Å². The maximum Gasteiger partial charge on any atom is 0.182 e. The summed E-state index contributed by atoms with van der Waals surface area (Å²) in [5.41, 5.74) is 1.90. The number of hydroxylamine groups is 1. The largest absolute Gasteiger partial charge is 0.624 e. The summed E-state index contributed by atoms with van der Waals surface area (Å²) in [4.78, 5) is 0. The summed E-state index contributed by atoms with van der Waals surface area (Å²) in [6, 6.07) is 17.3. The Morgan fingerprint density at radius 3 is 2.53 bits per heavy atom. The van der Waals surface area contributed by atoms with E-state index in [0.29, 0.717) is 6.54 Å². The van der Waals surface area contributed by atoms with E-state index in [1.165, 1.54) is 0 Å². The van der Waals surface area contributed by atoms with E-state index in [4.69, 9.17) is 0 Å². The summed E-state index contributed by atoms with van der Waals surface area (Å²) in [6.07, 6.45) is 1.60. The second-order valence-electron chi connectivity index (χ2n) is 3.74. The van der Waals surface area contributed by atoms with Crippen molar-refractivity contribution in [2.24, 2.45) is 0 Å². The molecule has 0 N–H and O–H groups in total. The van der Waals surface area contributed by atoms with E-state index >= 15 is 0 Å². The van der Waals surface area contributed by atoms with Crippen LogP contribution >= 0.6 is 15.9 Å². The lowest BCUT2D eigenvalue weighted by atomic mass is 10.2. The van der Waals surface area contributed by atoms with Crippen molar-refractivity contribution < 1.29 is 4.74 Å². The molecule has 0 aliphatic rings. The van der Waals surface area contributed by atoms with Gasteiger partial charge >= 0.3 is 0 Å². The van der Waals surface area contributed by atoms with Crippen molar-refractivity contribution in [1.29, 1.82) is 0 Å². The molecule has 0 saturated heterocycles. The van der Waals surface area contributed by atoms with Crippen LogP contribution in [0, 0.1) is 5.21 Å². The van der Waals surface area contributed by atoms with Crippen molar-refractivity contribution in [3.63, 3.8) is 0 Å². The molecule has 0 fully saturated rings. The molecule has 2 nitrogen and oxygen atoms in total. The van der Waals surface area contributed by atoms with E-state index in [1.807, 2.05) is 54.6 Å². The topological polar surface area (TPSA) is 26.1 Å². The number of rotatable bonds is 3. The Labute approximate surface area is 109 Å². The molecule has 0 heterocycles. The van der Waals surface area contributed by atoms with Crippen molar-refractivity contribution in [3.8, 4) is 0 Å². The lowest BCUT2D eigenvalue weighted by molar-refractivity contribution is -0.469. The molecular formula is C14H12BrNO. The molecule has 0 aromatic heterocycles. The normalized spacial score (nSPS) is 11.5. The van der Waals surface area contributed by atoms with E-state index in [2.05, 4.69) is 15.9 Å². The van der Waals surface area contributed by atoms with Gasteiger partial charge in [-0.05, 0) is 24.3 Å². The fraction of sp³-hybridized carbons (Fsp3) is 0.0714. The summed E-state index contributed by atoms with van der Waals surface area (Å²) in [5.74, 6) is 0. The Kier molecular flexibility index (Phi) is 3.94. The molecule has 86 valence electrons. The van der Waals surface area contributed by atoms with Gasteiger partial charge in [0.05, 0.1) is 0 Å². The van der Waals surface area contributed by atoms with Crippen LogP contribution in [-0.4, -0.2) is 11.0 Å². The molecule has 2 aromatic carbocycles. The average molecular weight is 290 g/mol. The maximum atomic E-state index is 11.7. The van der Waals surface area contributed by atoms with Gasteiger partial charge in [-0.15, -0.1) is 0 Å². The van der Waals surface area contributed by atoms with Gasteiger partial charge in [-0.3, -0.25) is 0 Å². The van der Waals surface area contributed by atoms with E-state index < -0.39 is 0 Å². The average Bonchev–Trinajstić information content (AvgIpc) is 2.30. The van der Waals surface area contributed by atoms with Gasteiger partial charge in [-0.1, -0.05) is 46.3 Å². The van der Waals surface area contributed by atoms with E-state index in [1.54, 1.807) is 6.21 Å². The summed E-state index contributed by atoms with van der Waals surface area (Å²) >= 11 is 3.39. The zero-order valence-corrected chi connectivity index (χ0v) is 10.8. The SMILES string of the molecule is [O-][N+](=Cc1ccccc1)Cc1cccc(Br)c1. The number of halogens is 1. The lowest BCUT2D eigenvalue weighted by Gasteiger charge is -2.04. The van der Waals surface area contributed by atoms with Crippen molar-refractivity contribution in [2.45, 2.75) is 6.54 Å². The highest BCUT2D eigenvalue weighted by molar-refractivity contribution is 9.10. The first-order valence-corrected chi connectivity index (χ1v) is 6.11. The van der Waals surface area contributed by atoms with Gasteiger partial charge in [0.1, 0.15) is 0 Å². The van der Waals surface area contributed by atoms with E-state index in [9.17, 15) is 5.21 Å². The van der Waals surface area contributed by atoms with Gasteiger partial charge in [-0.25, -0.2) is 4.74 Å². The third kappa shape index (κ3) is 3.71. The maximum absolute atomic E-state index is 11.7. The van der Waals surface area contributed by atoms with Crippen molar-refractivity contribution >= 4 is 22.1 Å². The van der Waals surface area contributed by atoms with Crippen LogP contribution in [-0.2, 0) is 6.54 Å². The van der Waals surface area contributed by atoms with Crippen LogP contribution in [0.25, 0.3) is 0 Å². The van der Waals surface area contributed by atoms with Gasteiger partial charge < -0.3 is 5.21 Å². The third-order valence-electron chi connectivity index (χ3n) is 2.32. The molecule has 0 bridgehead atoms. The molecule has 2 rings (SSSR count). The minimum atomic E-state index is 0.355. The van der Waals surface area contributed by atoms with Crippen LogP contribution in [0.4, 0.5) is 0 Å². The van der Waals surface area contributed by atoms with Crippen LogP contribution < -0.4 is 0 Å². The highest BCUT2D eigenvalue weighted by Gasteiger charge is 1.99. The molecule has 0 aliphatic heterocycles. The Hall–Kier alpha value is -1.61. The molecule has 0 unspecified atom stereocenters. The first kappa shape index (κ1) is 11.9. The molecular weight excluding hydrogens is 278 g/mol. The minimum absolute atomic E-state index is 0.355. The quantitative estimate of drug-likeness (QED) is 0.367. The number of benzene rings is 2. The summed E-state index contributed by atoms with van der Waals surface area (Å²) in [5, 5.41) is 11.7.